The number of β-amino-alcohol motifs (C(OH)–C–C–N with tert-alkyl or cyclic N) is 1. The minimum absolute atomic E-state index is 0.0856. The number of rotatable bonds is 7. The minimum atomic E-state index is -0.351. The molecule has 1 saturated heterocycles. The van der Waals surface area contributed by atoms with E-state index in [9.17, 15) is 14.8 Å². The molecule has 3 rings (SSSR count). The van der Waals surface area contributed by atoms with Crippen LogP contribution >= 0.6 is 23.2 Å². The Labute approximate surface area is 180 Å². The van der Waals surface area contributed by atoms with Crippen molar-refractivity contribution in [1.82, 2.24) is 9.80 Å². The molecule has 0 unspecified atom stereocenters. The molecule has 6 nitrogen and oxygen atoms in total. The first-order valence-electron chi connectivity index (χ1n) is 9.40. The van der Waals surface area contributed by atoms with Crippen LogP contribution in [0.25, 0.3) is 0 Å². The monoisotopic (exact) mass is 435 g/mol. The lowest BCUT2D eigenvalue weighted by Crippen LogP contribution is -2.39. The lowest BCUT2D eigenvalue weighted by molar-refractivity contribution is -0.131. The van der Waals surface area contributed by atoms with E-state index in [0.29, 0.717) is 35.2 Å². The second kappa shape index (κ2) is 9.67. The average Bonchev–Trinajstić information content (AvgIpc) is 3.13. The van der Waals surface area contributed by atoms with Crippen molar-refractivity contribution in [1.29, 1.82) is 0 Å². The molecule has 29 heavy (non-hydrogen) atoms. The maximum Gasteiger partial charge on any atom is 0.227 e. The number of hydrogen-bond donors (Lipinski definition) is 1. The van der Waals surface area contributed by atoms with Crippen LogP contribution in [0.3, 0.4) is 0 Å². The molecule has 1 aliphatic rings. The van der Waals surface area contributed by atoms with E-state index in [4.69, 9.17) is 23.2 Å². The molecule has 0 radical (unpaired) electrons. The van der Waals surface area contributed by atoms with Gasteiger partial charge in [0, 0.05) is 26.7 Å². The van der Waals surface area contributed by atoms with Gasteiger partial charge in [-0.15, -0.1) is 4.91 Å². The molecule has 0 saturated carbocycles. The Kier molecular flexibility index (Phi) is 7.24. The molecule has 1 aliphatic heterocycles. The van der Waals surface area contributed by atoms with Crippen LogP contribution in [-0.2, 0) is 11.2 Å². The van der Waals surface area contributed by atoms with E-state index in [-0.39, 0.29) is 24.5 Å². The second-order valence-corrected chi connectivity index (χ2v) is 8.15. The van der Waals surface area contributed by atoms with Crippen LogP contribution in [0.1, 0.15) is 23.6 Å². The molecule has 8 heteroatoms. The third kappa shape index (κ3) is 5.54. The van der Waals surface area contributed by atoms with Crippen molar-refractivity contribution < 1.29 is 9.90 Å². The van der Waals surface area contributed by atoms with Gasteiger partial charge < -0.3 is 10.0 Å². The third-order valence-corrected chi connectivity index (χ3v) is 5.98. The zero-order chi connectivity index (χ0) is 21.0. The molecule has 2 aromatic rings. The number of hydrogen-bond acceptors (Lipinski definition) is 5. The molecule has 2 aromatic carbocycles. The Morgan fingerprint density at radius 2 is 2.07 bits per heavy atom. The van der Waals surface area contributed by atoms with E-state index < -0.39 is 0 Å². The Bertz CT molecular complexity index is 893. The van der Waals surface area contributed by atoms with Crippen molar-refractivity contribution in [2.75, 3.05) is 26.7 Å². The normalized spacial score (nSPS) is 17.9. The van der Waals surface area contributed by atoms with Crippen molar-refractivity contribution in [2.45, 2.75) is 25.0 Å². The summed E-state index contributed by atoms with van der Waals surface area (Å²) in [5, 5.41) is 13.7. The van der Waals surface area contributed by atoms with E-state index in [1.165, 1.54) is 0 Å². The second-order valence-electron chi connectivity index (χ2n) is 7.33. The molecule has 1 amide bonds. The summed E-state index contributed by atoms with van der Waals surface area (Å²) in [4.78, 5) is 27.8. The van der Waals surface area contributed by atoms with Crippen LogP contribution in [0.5, 0.6) is 0 Å². The van der Waals surface area contributed by atoms with Crippen LogP contribution in [0.4, 0.5) is 5.69 Å². The maximum atomic E-state index is 13.0. The Balaban J connectivity index is 1.81. The molecule has 2 atom stereocenters. The van der Waals surface area contributed by atoms with E-state index in [0.717, 1.165) is 17.7 Å². The largest absolute Gasteiger partial charge is 0.392 e. The Morgan fingerprint density at radius 3 is 2.72 bits per heavy atom. The summed E-state index contributed by atoms with van der Waals surface area (Å²) in [5.41, 5.74) is 1.92. The summed E-state index contributed by atoms with van der Waals surface area (Å²) in [7, 11) is 1.75. The van der Waals surface area contributed by atoms with E-state index in [2.05, 4.69) is 10.1 Å². The highest BCUT2D eigenvalue weighted by molar-refractivity contribution is 6.42. The summed E-state index contributed by atoms with van der Waals surface area (Å²) in [6.45, 7) is 1.89. The van der Waals surface area contributed by atoms with Crippen LogP contribution in [0.2, 0.25) is 10.0 Å². The van der Waals surface area contributed by atoms with Crippen LogP contribution in [0, 0.1) is 4.91 Å². The number of likely N-dealkylation sites (tertiary alicyclic amines) is 1. The fourth-order valence-electron chi connectivity index (χ4n) is 3.59. The number of carbonyl (C=O) groups excluding carboxylic acids is 1. The molecule has 0 spiro atoms. The SMILES string of the molecule is CN(C(=O)Cc1ccc(Cl)c(Cl)c1)[C@H](CN1CC[C@H](O)C1)c1cccc(N=O)c1. The molecule has 0 bridgehead atoms. The summed E-state index contributed by atoms with van der Waals surface area (Å²) < 4.78 is 0. The quantitative estimate of drug-likeness (QED) is 0.661. The number of halogens is 2. The summed E-state index contributed by atoms with van der Waals surface area (Å²) in [6, 6.07) is 11.8. The van der Waals surface area contributed by atoms with Crippen LogP contribution < -0.4 is 0 Å². The van der Waals surface area contributed by atoms with Gasteiger partial charge in [0.15, 0.2) is 0 Å². The maximum absolute atomic E-state index is 13.0. The molecular formula is C21H23Cl2N3O3. The highest BCUT2D eigenvalue weighted by atomic mass is 35.5. The van der Waals surface area contributed by atoms with Crippen molar-refractivity contribution in [2.24, 2.45) is 5.18 Å². The first-order valence-corrected chi connectivity index (χ1v) is 10.2. The summed E-state index contributed by atoms with van der Waals surface area (Å²) >= 11 is 12.0. The van der Waals surface area contributed by atoms with Gasteiger partial charge in [0.25, 0.3) is 0 Å². The number of aliphatic hydroxyl groups excluding tert-OH is 1. The van der Waals surface area contributed by atoms with Crippen LogP contribution in [0.15, 0.2) is 47.6 Å². The fourth-order valence-corrected chi connectivity index (χ4v) is 3.91. The molecular weight excluding hydrogens is 413 g/mol. The Hall–Kier alpha value is -1.99. The van der Waals surface area contributed by atoms with Gasteiger partial charge in [0.1, 0.15) is 5.69 Å². The molecule has 1 heterocycles. The van der Waals surface area contributed by atoms with Crippen LogP contribution in [-0.4, -0.2) is 53.6 Å². The van der Waals surface area contributed by atoms with Crippen molar-refractivity contribution in [3.8, 4) is 0 Å². The average molecular weight is 436 g/mol. The minimum Gasteiger partial charge on any atom is -0.392 e. The first-order chi connectivity index (χ1) is 13.9. The standard InChI is InChI=1S/C21H23Cl2N3O3/c1-25(21(28)10-14-5-6-18(22)19(23)9-14)20(13-26-8-7-17(27)12-26)15-3-2-4-16(11-15)24-29/h2-6,9,11,17,20,27H,7-8,10,12-13H2,1H3/t17-,20+/m0/s1. The highest BCUT2D eigenvalue weighted by Gasteiger charge is 2.28. The van der Waals surface area contributed by atoms with E-state index in [1.807, 2.05) is 6.07 Å². The van der Waals surface area contributed by atoms with Gasteiger partial charge in [0.05, 0.1) is 28.6 Å². The zero-order valence-electron chi connectivity index (χ0n) is 16.1. The van der Waals surface area contributed by atoms with Gasteiger partial charge in [-0.2, -0.15) is 0 Å². The van der Waals surface area contributed by atoms with Gasteiger partial charge in [-0.05, 0) is 47.0 Å². The number of amides is 1. The first kappa shape index (κ1) is 21.7. The lowest BCUT2D eigenvalue weighted by Gasteiger charge is -2.32. The zero-order valence-corrected chi connectivity index (χ0v) is 17.6. The van der Waals surface area contributed by atoms with E-state index in [1.54, 1.807) is 48.3 Å². The molecule has 0 aliphatic carbocycles. The summed E-state index contributed by atoms with van der Waals surface area (Å²) in [5.74, 6) is -0.0856. The topological polar surface area (TPSA) is 73.2 Å². The molecule has 1 fully saturated rings. The van der Waals surface area contributed by atoms with E-state index >= 15 is 0 Å². The molecule has 1 N–H and O–H groups in total. The fraction of sp³-hybridized carbons (Fsp3) is 0.381. The molecule has 154 valence electrons. The number of aliphatic hydroxyl groups is 1. The Morgan fingerprint density at radius 1 is 1.28 bits per heavy atom. The molecule has 0 aromatic heterocycles. The van der Waals surface area contributed by atoms with Crippen molar-refractivity contribution in [3.63, 3.8) is 0 Å². The van der Waals surface area contributed by atoms with Gasteiger partial charge in [-0.25, -0.2) is 0 Å². The summed E-state index contributed by atoms with van der Waals surface area (Å²) in [6.07, 6.45) is 0.540. The number of carbonyl (C=O) groups is 1. The van der Waals surface area contributed by atoms with Gasteiger partial charge in [-0.1, -0.05) is 41.4 Å². The van der Waals surface area contributed by atoms with Gasteiger partial charge >= 0.3 is 0 Å². The van der Waals surface area contributed by atoms with Gasteiger partial charge in [0.2, 0.25) is 5.91 Å². The number of nitroso groups, excluding NO2 is 1. The lowest BCUT2D eigenvalue weighted by atomic mass is 10.0. The van der Waals surface area contributed by atoms with Gasteiger partial charge in [-0.3, -0.25) is 9.69 Å². The number of likely N-dealkylation sites (N-methyl/N-ethyl adjacent to an activating group) is 1. The number of benzene rings is 2. The highest BCUT2D eigenvalue weighted by Crippen LogP contribution is 2.28. The third-order valence-electron chi connectivity index (χ3n) is 5.24. The smallest absolute Gasteiger partial charge is 0.227 e. The predicted molar refractivity (Wildman–Crippen MR) is 115 cm³/mol. The number of nitrogens with zero attached hydrogens (tertiary/aromatic N) is 3. The van der Waals surface area contributed by atoms with Crippen molar-refractivity contribution in [3.05, 3.63) is 68.5 Å². The predicted octanol–water partition coefficient (Wildman–Crippen LogP) is 4.20. The van der Waals surface area contributed by atoms with Crippen molar-refractivity contribution >= 4 is 34.8 Å².